The van der Waals surface area contributed by atoms with Gasteiger partial charge in [0.05, 0.1) is 24.9 Å². The molecule has 3 nitrogen and oxygen atoms in total. The minimum Gasteiger partial charge on any atom is -0.376 e. The number of hydrogen-bond acceptors (Lipinski definition) is 3. The molecule has 1 aliphatic heterocycles. The summed E-state index contributed by atoms with van der Waals surface area (Å²) in [4.78, 5) is 0. The first-order valence-electron chi connectivity index (χ1n) is 7.16. The van der Waals surface area contributed by atoms with Gasteiger partial charge in [0.1, 0.15) is 0 Å². The number of hydrogen-bond donors (Lipinski definition) is 1. The molecule has 1 aliphatic rings. The SMILES string of the molecule is CCCNC(CC)COC1CC(C)OC(C)C1. The second-order valence-electron chi connectivity index (χ2n) is 5.24. The summed E-state index contributed by atoms with van der Waals surface area (Å²) in [5, 5.41) is 3.52. The molecule has 0 aromatic rings. The van der Waals surface area contributed by atoms with Gasteiger partial charge in [-0.1, -0.05) is 13.8 Å². The Balaban J connectivity index is 2.23. The van der Waals surface area contributed by atoms with Gasteiger partial charge >= 0.3 is 0 Å². The summed E-state index contributed by atoms with van der Waals surface area (Å²) in [6.45, 7) is 10.6. The average molecular weight is 243 g/mol. The molecule has 0 aromatic heterocycles. The van der Waals surface area contributed by atoms with Crippen molar-refractivity contribution in [3.8, 4) is 0 Å². The molecule has 0 saturated carbocycles. The zero-order chi connectivity index (χ0) is 12.7. The molecule has 1 heterocycles. The molecule has 1 fully saturated rings. The Hall–Kier alpha value is -0.120. The average Bonchev–Trinajstić information content (AvgIpc) is 2.28. The van der Waals surface area contributed by atoms with Crippen LogP contribution in [0.2, 0.25) is 0 Å². The Morgan fingerprint density at radius 3 is 2.41 bits per heavy atom. The summed E-state index contributed by atoms with van der Waals surface area (Å²) in [6.07, 6.45) is 5.45. The molecule has 0 spiro atoms. The van der Waals surface area contributed by atoms with Gasteiger partial charge < -0.3 is 14.8 Å². The van der Waals surface area contributed by atoms with Gasteiger partial charge in [-0.05, 0) is 46.1 Å². The minimum atomic E-state index is 0.340. The normalized spacial score (nSPS) is 31.4. The Morgan fingerprint density at radius 1 is 1.24 bits per heavy atom. The van der Waals surface area contributed by atoms with Gasteiger partial charge in [0.2, 0.25) is 0 Å². The van der Waals surface area contributed by atoms with Crippen LogP contribution in [-0.2, 0) is 9.47 Å². The van der Waals surface area contributed by atoms with Crippen molar-refractivity contribution < 1.29 is 9.47 Å². The highest BCUT2D eigenvalue weighted by atomic mass is 16.5. The lowest BCUT2D eigenvalue weighted by molar-refractivity contribution is -0.104. The van der Waals surface area contributed by atoms with E-state index in [1.165, 1.54) is 6.42 Å². The van der Waals surface area contributed by atoms with Crippen molar-refractivity contribution in [3.05, 3.63) is 0 Å². The number of rotatable bonds is 7. The van der Waals surface area contributed by atoms with Crippen LogP contribution in [0.5, 0.6) is 0 Å². The van der Waals surface area contributed by atoms with Crippen molar-refractivity contribution in [3.63, 3.8) is 0 Å². The van der Waals surface area contributed by atoms with Crippen molar-refractivity contribution in [1.29, 1.82) is 0 Å². The van der Waals surface area contributed by atoms with Gasteiger partial charge in [0.15, 0.2) is 0 Å². The quantitative estimate of drug-likeness (QED) is 0.746. The van der Waals surface area contributed by atoms with E-state index in [1.807, 2.05) is 0 Å². The van der Waals surface area contributed by atoms with E-state index in [9.17, 15) is 0 Å². The maximum Gasteiger partial charge on any atom is 0.0625 e. The molecule has 0 radical (unpaired) electrons. The smallest absolute Gasteiger partial charge is 0.0625 e. The van der Waals surface area contributed by atoms with Crippen LogP contribution in [-0.4, -0.2) is 37.5 Å². The monoisotopic (exact) mass is 243 g/mol. The van der Waals surface area contributed by atoms with E-state index >= 15 is 0 Å². The third-order valence-electron chi connectivity index (χ3n) is 3.36. The Morgan fingerprint density at radius 2 is 1.88 bits per heavy atom. The van der Waals surface area contributed by atoms with Crippen molar-refractivity contribution in [2.75, 3.05) is 13.2 Å². The standard InChI is InChI=1S/C14H29NO2/c1-5-7-15-13(6-2)10-16-14-8-11(3)17-12(4)9-14/h11-15H,5-10H2,1-4H3. The highest BCUT2D eigenvalue weighted by molar-refractivity contribution is 4.75. The van der Waals surface area contributed by atoms with Gasteiger partial charge in [-0.15, -0.1) is 0 Å². The topological polar surface area (TPSA) is 30.5 Å². The summed E-state index contributed by atoms with van der Waals surface area (Å²) in [5.74, 6) is 0. The lowest BCUT2D eigenvalue weighted by Gasteiger charge is -2.33. The lowest BCUT2D eigenvalue weighted by Crippen LogP contribution is -2.39. The van der Waals surface area contributed by atoms with Crippen LogP contribution in [0.3, 0.4) is 0 Å². The van der Waals surface area contributed by atoms with Crippen molar-refractivity contribution >= 4 is 0 Å². The molecular formula is C14H29NO2. The number of ether oxygens (including phenoxy) is 2. The fourth-order valence-corrected chi connectivity index (χ4v) is 2.40. The van der Waals surface area contributed by atoms with Crippen molar-refractivity contribution in [1.82, 2.24) is 5.32 Å². The van der Waals surface area contributed by atoms with Gasteiger partial charge in [0, 0.05) is 6.04 Å². The summed E-state index contributed by atoms with van der Waals surface area (Å²) in [7, 11) is 0. The Labute approximate surface area is 106 Å². The van der Waals surface area contributed by atoms with E-state index in [0.29, 0.717) is 24.4 Å². The van der Waals surface area contributed by atoms with Gasteiger partial charge in [-0.3, -0.25) is 0 Å². The molecule has 1 N–H and O–H groups in total. The molecule has 0 aromatic carbocycles. The predicted molar refractivity (Wildman–Crippen MR) is 71.4 cm³/mol. The third-order valence-corrected chi connectivity index (χ3v) is 3.36. The molecule has 3 heteroatoms. The summed E-state index contributed by atoms with van der Waals surface area (Å²) in [6, 6.07) is 0.503. The molecule has 0 bridgehead atoms. The second kappa shape index (κ2) is 8.06. The van der Waals surface area contributed by atoms with Gasteiger partial charge in [-0.25, -0.2) is 0 Å². The first-order valence-corrected chi connectivity index (χ1v) is 7.16. The third kappa shape index (κ3) is 5.84. The largest absolute Gasteiger partial charge is 0.376 e. The van der Waals surface area contributed by atoms with Crippen LogP contribution in [0.25, 0.3) is 0 Å². The van der Waals surface area contributed by atoms with Crippen LogP contribution in [0.15, 0.2) is 0 Å². The van der Waals surface area contributed by atoms with E-state index in [-0.39, 0.29) is 0 Å². The molecule has 1 rings (SSSR count). The molecule has 0 amide bonds. The lowest BCUT2D eigenvalue weighted by atomic mass is 10.0. The predicted octanol–water partition coefficient (Wildman–Crippen LogP) is 2.74. The zero-order valence-electron chi connectivity index (χ0n) is 11.9. The molecule has 0 aliphatic carbocycles. The zero-order valence-corrected chi connectivity index (χ0v) is 11.9. The first kappa shape index (κ1) is 14.9. The molecule has 3 unspecified atom stereocenters. The maximum absolute atomic E-state index is 6.03. The highest BCUT2D eigenvalue weighted by Gasteiger charge is 2.25. The van der Waals surface area contributed by atoms with Crippen LogP contribution in [0.4, 0.5) is 0 Å². The van der Waals surface area contributed by atoms with Crippen molar-refractivity contribution in [2.24, 2.45) is 0 Å². The summed E-state index contributed by atoms with van der Waals surface area (Å²) >= 11 is 0. The summed E-state index contributed by atoms with van der Waals surface area (Å²) in [5.41, 5.74) is 0. The number of nitrogens with one attached hydrogen (secondary N) is 1. The van der Waals surface area contributed by atoms with E-state index in [4.69, 9.17) is 9.47 Å². The summed E-state index contributed by atoms with van der Waals surface area (Å²) < 4.78 is 11.8. The molecular weight excluding hydrogens is 214 g/mol. The Kier molecular flexibility index (Phi) is 7.09. The second-order valence-corrected chi connectivity index (χ2v) is 5.24. The minimum absolute atomic E-state index is 0.340. The fraction of sp³-hybridized carbons (Fsp3) is 1.00. The van der Waals surface area contributed by atoms with Gasteiger partial charge in [0.25, 0.3) is 0 Å². The van der Waals surface area contributed by atoms with E-state index in [1.54, 1.807) is 0 Å². The van der Waals surface area contributed by atoms with E-state index in [0.717, 1.165) is 32.4 Å². The highest BCUT2D eigenvalue weighted by Crippen LogP contribution is 2.21. The van der Waals surface area contributed by atoms with Crippen LogP contribution < -0.4 is 5.32 Å². The van der Waals surface area contributed by atoms with E-state index < -0.39 is 0 Å². The van der Waals surface area contributed by atoms with Crippen LogP contribution in [0.1, 0.15) is 53.4 Å². The van der Waals surface area contributed by atoms with Crippen LogP contribution in [0, 0.1) is 0 Å². The first-order chi connectivity index (χ1) is 8.15. The fourth-order valence-electron chi connectivity index (χ4n) is 2.40. The molecule has 3 atom stereocenters. The van der Waals surface area contributed by atoms with Crippen molar-refractivity contribution in [2.45, 2.75) is 77.7 Å². The maximum atomic E-state index is 6.03. The van der Waals surface area contributed by atoms with E-state index in [2.05, 4.69) is 33.0 Å². The molecule has 102 valence electrons. The Bertz CT molecular complexity index is 189. The molecule has 1 saturated heterocycles. The molecule has 17 heavy (non-hydrogen) atoms. The van der Waals surface area contributed by atoms with Gasteiger partial charge in [-0.2, -0.15) is 0 Å². The van der Waals surface area contributed by atoms with Crippen LogP contribution >= 0.6 is 0 Å².